The first kappa shape index (κ1) is 12.4. The molecule has 4 rings (SSSR count). The van der Waals surface area contributed by atoms with Gasteiger partial charge in [-0.2, -0.15) is 0 Å². The maximum atomic E-state index is 12.0. The van der Waals surface area contributed by atoms with Gasteiger partial charge in [0, 0.05) is 11.8 Å². The molecular formula is C18H28O. The number of hydrogen-bond donors (Lipinski definition) is 0. The third-order valence-electron chi connectivity index (χ3n) is 8.02. The molecule has 0 amide bonds. The van der Waals surface area contributed by atoms with Crippen molar-refractivity contribution in [3.05, 3.63) is 0 Å². The van der Waals surface area contributed by atoms with Crippen LogP contribution in [0.5, 0.6) is 0 Å². The number of carbonyl (C=O) groups excluding carboxylic acids is 1. The van der Waals surface area contributed by atoms with Crippen LogP contribution in [0.15, 0.2) is 0 Å². The number of Topliss-reactive ketones (excluding diaryl/α,β-unsaturated/α-hetero) is 1. The zero-order chi connectivity index (χ0) is 13.3. The van der Waals surface area contributed by atoms with E-state index in [2.05, 4.69) is 13.8 Å². The van der Waals surface area contributed by atoms with Gasteiger partial charge >= 0.3 is 0 Å². The van der Waals surface area contributed by atoms with Gasteiger partial charge in [-0.1, -0.05) is 26.7 Å². The predicted molar refractivity (Wildman–Crippen MR) is 76.7 cm³/mol. The molecule has 0 spiro atoms. The van der Waals surface area contributed by atoms with E-state index in [1.807, 2.05) is 0 Å². The summed E-state index contributed by atoms with van der Waals surface area (Å²) in [5.41, 5.74) is 0.722. The molecule has 0 bridgehead atoms. The average molecular weight is 260 g/mol. The fourth-order valence-corrected chi connectivity index (χ4v) is 6.64. The van der Waals surface area contributed by atoms with E-state index in [1.54, 1.807) is 0 Å². The predicted octanol–water partition coefficient (Wildman–Crippen LogP) is 4.60. The van der Waals surface area contributed by atoms with E-state index >= 15 is 0 Å². The number of ketones is 1. The van der Waals surface area contributed by atoms with Crippen LogP contribution < -0.4 is 0 Å². The van der Waals surface area contributed by atoms with E-state index in [4.69, 9.17) is 0 Å². The zero-order valence-corrected chi connectivity index (χ0v) is 12.6. The third kappa shape index (κ3) is 1.45. The second-order valence-electron chi connectivity index (χ2n) is 8.49. The maximum absolute atomic E-state index is 12.0. The quantitative estimate of drug-likeness (QED) is 0.622. The zero-order valence-electron chi connectivity index (χ0n) is 12.6. The molecule has 1 nitrogen and oxygen atoms in total. The molecule has 4 aliphatic carbocycles. The molecule has 0 aliphatic heterocycles. The fourth-order valence-electron chi connectivity index (χ4n) is 6.64. The first-order valence-corrected chi connectivity index (χ1v) is 8.59. The Bertz CT molecular complexity index is 414. The van der Waals surface area contributed by atoms with Crippen molar-refractivity contribution in [3.63, 3.8) is 0 Å². The molecule has 4 saturated carbocycles. The van der Waals surface area contributed by atoms with Crippen molar-refractivity contribution in [2.24, 2.45) is 34.5 Å². The van der Waals surface area contributed by atoms with E-state index in [-0.39, 0.29) is 5.41 Å². The van der Waals surface area contributed by atoms with Crippen molar-refractivity contribution in [3.8, 4) is 0 Å². The van der Waals surface area contributed by atoms with Crippen LogP contribution in [0, 0.1) is 34.5 Å². The van der Waals surface area contributed by atoms with Gasteiger partial charge in [-0.3, -0.25) is 4.79 Å². The molecule has 1 heteroatoms. The van der Waals surface area contributed by atoms with Crippen LogP contribution in [-0.4, -0.2) is 5.78 Å². The highest BCUT2D eigenvalue weighted by Gasteiger charge is 2.62. The Morgan fingerprint density at radius 2 is 1.79 bits per heavy atom. The molecule has 19 heavy (non-hydrogen) atoms. The van der Waals surface area contributed by atoms with Crippen molar-refractivity contribution in [2.45, 2.75) is 71.6 Å². The number of hydrogen-bond acceptors (Lipinski definition) is 1. The van der Waals surface area contributed by atoms with Gasteiger partial charge in [0.1, 0.15) is 5.78 Å². The van der Waals surface area contributed by atoms with Crippen LogP contribution in [0.4, 0.5) is 0 Å². The van der Waals surface area contributed by atoms with Gasteiger partial charge in [-0.05, 0) is 67.6 Å². The molecule has 0 radical (unpaired) electrons. The average Bonchev–Trinajstić information content (AvgIpc) is 2.40. The van der Waals surface area contributed by atoms with E-state index in [9.17, 15) is 4.79 Å². The molecular weight excluding hydrogens is 232 g/mol. The molecule has 4 fully saturated rings. The second-order valence-corrected chi connectivity index (χ2v) is 8.49. The van der Waals surface area contributed by atoms with Gasteiger partial charge in [0.25, 0.3) is 0 Å². The first-order valence-electron chi connectivity index (χ1n) is 8.59. The minimum absolute atomic E-state index is 0.0963. The fraction of sp³-hybridized carbons (Fsp3) is 0.944. The highest BCUT2D eigenvalue weighted by atomic mass is 16.1. The Kier molecular flexibility index (Phi) is 2.52. The van der Waals surface area contributed by atoms with Gasteiger partial charge in [0.05, 0.1) is 0 Å². The Hall–Kier alpha value is -0.330. The third-order valence-corrected chi connectivity index (χ3v) is 8.02. The van der Waals surface area contributed by atoms with Crippen molar-refractivity contribution in [1.82, 2.24) is 0 Å². The smallest absolute Gasteiger partial charge is 0.139 e. The van der Waals surface area contributed by atoms with E-state index < -0.39 is 0 Å². The number of rotatable bonds is 0. The lowest BCUT2D eigenvalue weighted by Gasteiger charge is -2.63. The van der Waals surface area contributed by atoms with Crippen LogP contribution >= 0.6 is 0 Å². The molecule has 0 heterocycles. The standard InChI is InChI=1S/C18H28O/c1-17-9-4-3-5-12(17)6-7-13-14(17)8-10-18(2)15(13)11-16(18)19/h12-15H,3-11H2,1-2H3. The largest absolute Gasteiger partial charge is 0.299 e. The topological polar surface area (TPSA) is 17.1 Å². The molecule has 0 aromatic rings. The first-order chi connectivity index (χ1) is 9.06. The highest BCUT2D eigenvalue weighted by molar-refractivity contribution is 5.91. The van der Waals surface area contributed by atoms with Gasteiger partial charge in [0.15, 0.2) is 0 Å². The Morgan fingerprint density at radius 3 is 2.58 bits per heavy atom. The summed E-state index contributed by atoms with van der Waals surface area (Å²) >= 11 is 0. The van der Waals surface area contributed by atoms with Crippen LogP contribution in [0.1, 0.15) is 71.6 Å². The van der Waals surface area contributed by atoms with E-state index in [1.165, 1.54) is 51.4 Å². The Labute approximate surface area is 117 Å². The molecule has 6 unspecified atom stereocenters. The van der Waals surface area contributed by atoms with Gasteiger partial charge < -0.3 is 0 Å². The number of fused-ring (bicyclic) bond motifs is 5. The lowest BCUT2D eigenvalue weighted by atomic mass is 9.40. The van der Waals surface area contributed by atoms with Crippen LogP contribution in [0.25, 0.3) is 0 Å². The summed E-state index contributed by atoms with van der Waals surface area (Å²) in [7, 11) is 0. The Morgan fingerprint density at radius 1 is 0.947 bits per heavy atom. The van der Waals surface area contributed by atoms with Crippen LogP contribution in [-0.2, 0) is 4.79 Å². The Balaban J connectivity index is 1.64. The SMILES string of the molecule is CC12CCC3C(CCC4CCCCC43C)C1CC2=O. The normalized spacial score (nSPS) is 56.6. The van der Waals surface area contributed by atoms with E-state index in [0.29, 0.717) is 11.2 Å². The van der Waals surface area contributed by atoms with Crippen molar-refractivity contribution in [2.75, 3.05) is 0 Å². The molecule has 0 aromatic heterocycles. The molecule has 4 aliphatic rings. The lowest BCUT2D eigenvalue weighted by molar-refractivity contribution is -0.172. The minimum Gasteiger partial charge on any atom is -0.299 e. The van der Waals surface area contributed by atoms with Gasteiger partial charge in [-0.25, -0.2) is 0 Å². The molecule has 0 N–H and O–H groups in total. The summed E-state index contributed by atoms with van der Waals surface area (Å²) in [6, 6.07) is 0. The molecule has 6 atom stereocenters. The summed E-state index contributed by atoms with van der Waals surface area (Å²) < 4.78 is 0. The minimum atomic E-state index is 0.0963. The van der Waals surface area contributed by atoms with E-state index in [0.717, 1.165) is 30.1 Å². The number of carbonyl (C=O) groups is 1. The summed E-state index contributed by atoms with van der Waals surface area (Å²) in [6.07, 6.45) is 12.2. The van der Waals surface area contributed by atoms with Crippen LogP contribution in [0.2, 0.25) is 0 Å². The second kappa shape index (κ2) is 3.86. The van der Waals surface area contributed by atoms with Crippen LogP contribution in [0.3, 0.4) is 0 Å². The molecule has 0 aromatic carbocycles. The summed E-state index contributed by atoms with van der Waals surface area (Å²) in [5, 5.41) is 0. The maximum Gasteiger partial charge on any atom is 0.139 e. The van der Waals surface area contributed by atoms with Crippen molar-refractivity contribution in [1.29, 1.82) is 0 Å². The monoisotopic (exact) mass is 260 g/mol. The lowest BCUT2D eigenvalue weighted by Crippen LogP contribution is -2.60. The molecule has 106 valence electrons. The van der Waals surface area contributed by atoms with Crippen molar-refractivity contribution >= 4 is 5.78 Å². The summed E-state index contributed by atoms with van der Waals surface area (Å²) in [4.78, 5) is 12.0. The van der Waals surface area contributed by atoms with Gasteiger partial charge in [-0.15, -0.1) is 0 Å². The van der Waals surface area contributed by atoms with Gasteiger partial charge in [0.2, 0.25) is 0 Å². The molecule has 0 saturated heterocycles. The highest BCUT2D eigenvalue weighted by Crippen LogP contribution is 2.66. The summed E-state index contributed by atoms with van der Waals surface area (Å²) in [5.74, 6) is 4.15. The summed E-state index contributed by atoms with van der Waals surface area (Å²) in [6.45, 7) is 4.88. The van der Waals surface area contributed by atoms with Crippen molar-refractivity contribution < 1.29 is 4.79 Å².